The number of carbonyl (C=O) groups excluding carboxylic acids is 2. The molecule has 1 aromatic carbocycles. The molecule has 1 aliphatic rings. The quantitative estimate of drug-likeness (QED) is 0.443. The van der Waals surface area contributed by atoms with E-state index in [4.69, 9.17) is 10.3 Å². The number of hydrogen-bond donors (Lipinski definition) is 2. The third-order valence-electron chi connectivity index (χ3n) is 2.25. The smallest absolute Gasteiger partial charge is 0.282 e. The standard InChI is InChI=1S/C6H7N.C6H6O5S/c7-6-4-2-1-3-5-6;7-4-2-1-3-5(8)6(4)12(9,10)11/h1-5H,7H2;1-2,6H,3H2,(H,9,10,11). The van der Waals surface area contributed by atoms with Crippen LogP contribution in [0.2, 0.25) is 0 Å². The van der Waals surface area contributed by atoms with E-state index in [1.807, 2.05) is 30.3 Å². The van der Waals surface area contributed by atoms with Crippen LogP contribution in [0.5, 0.6) is 0 Å². The predicted molar refractivity (Wildman–Crippen MR) is 70.0 cm³/mol. The first-order chi connectivity index (χ1) is 8.82. The minimum Gasteiger partial charge on any atom is -0.399 e. The van der Waals surface area contributed by atoms with Gasteiger partial charge in [-0.15, -0.1) is 0 Å². The molecule has 0 fully saturated rings. The van der Waals surface area contributed by atoms with Crippen molar-refractivity contribution < 1.29 is 22.6 Å². The summed E-state index contributed by atoms with van der Waals surface area (Å²) in [4.78, 5) is 21.6. The molecule has 19 heavy (non-hydrogen) atoms. The summed E-state index contributed by atoms with van der Waals surface area (Å²) >= 11 is 0. The summed E-state index contributed by atoms with van der Waals surface area (Å²) < 4.78 is 29.5. The highest BCUT2D eigenvalue weighted by atomic mass is 32.2. The van der Waals surface area contributed by atoms with Crippen LogP contribution in [0.15, 0.2) is 42.5 Å². The van der Waals surface area contributed by atoms with Crippen molar-refractivity contribution in [2.45, 2.75) is 11.7 Å². The molecule has 1 atom stereocenters. The van der Waals surface area contributed by atoms with Gasteiger partial charge in [-0.05, 0) is 18.2 Å². The van der Waals surface area contributed by atoms with Crippen LogP contribution >= 0.6 is 0 Å². The fraction of sp³-hybridized carbons (Fsp3) is 0.167. The number of rotatable bonds is 1. The van der Waals surface area contributed by atoms with Gasteiger partial charge in [0, 0.05) is 12.1 Å². The molecular formula is C12H13NO5S. The van der Waals surface area contributed by atoms with Gasteiger partial charge in [-0.1, -0.05) is 24.3 Å². The maximum atomic E-state index is 10.8. The Labute approximate surface area is 110 Å². The Morgan fingerprint density at radius 1 is 1.16 bits per heavy atom. The van der Waals surface area contributed by atoms with E-state index in [2.05, 4.69) is 0 Å². The van der Waals surface area contributed by atoms with Crippen LogP contribution in [0.3, 0.4) is 0 Å². The molecule has 0 saturated heterocycles. The Bertz CT molecular complexity index is 592. The molecule has 0 aliphatic heterocycles. The Morgan fingerprint density at radius 2 is 1.74 bits per heavy atom. The highest BCUT2D eigenvalue weighted by Gasteiger charge is 2.37. The minimum absolute atomic E-state index is 0.129. The lowest BCUT2D eigenvalue weighted by molar-refractivity contribution is -0.124. The topological polar surface area (TPSA) is 115 Å². The maximum absolute atomic E-state index is 10.8. The van der Waals surface area contributed by atoms with Crippen LogP contribution in [0.1, 0.15) is 6.42 Å². The van der Waals surface area contributed by atoms with Crippen molar-refractivity contribution >= 4 is 27.4 Å². The number of benzene rings is 1. The lowest BCUT2D eigenvalue weighted by atomic mass is 10.1. The van der Waals surface area contributed by atoms with Crippen molar-refractivity contribution in [3.8, 4) is 0 Å². The molecule has 0 bridgehead atoms. The number of ketones is 2. The lowest BCUT2D eigenvalue weighted by Crippen LogP contribution is -2.38. The molecule has 6 nitrogen and oxygen atoms in total. The molecule has 0 saturated carbocycles. The second-order valence-corrected chi connectivity index (χ2v) is 5.28. The molecule has 1 unspecified atom stereocenters. The average Bonchev–Trinajstić information content (AvgIpc) is 2.28. The van der Waals surface area contributed by atoms with Crippen LogP contribution in [0.4, 0.5) is 5.69 Å². The molecule has 0 radical (unpaired) electrons. The molecule has 0 heterocycles. The highest BCUT2D eigenvalue weighted by molar-refractivity contribution is 7.88. The van der Waals surface area contributed by atoms with Gasteiger partial charge in [-0.3, -0.25) is 14.1 Å². The Balaban J connectivity index is 0.000000218. The van der Waals surface area contributed by atoms with Crippen molar-refractivity contribution in [2.75, 3.05) is 5.73 Å². The van der Waals surface area contributed by atoms with Gasteiger partial charge in [0.25, 0.3) is 10.1 Å². The maximum Gasteiger partial charge on any atom is 0.282 e. The van der Waals surface area contributed by atoms with E-state index in [1.54, 1.807) is 0 Å². The van der Waals surface area contributed by atoms with Crippen LogP contribution < -0.4 is 5.73 Å². The van der Waals surface area contributed by atoms with E-state index in [1.165, 1.54) is 6.08 Å². The number of allylic oxidation sites excluding steroid dienone is 2. The van der Waals surface area contributed by atoms with E-state index in [-0.39, 0.29) is 6.42 Å². The van der Waals surface area contributed by atoms with E-state index >= 15 is 0 Å². The van der Waals surface area contributed by atoms with Crippen molar-refractivity contribution in [3.05, 3.63) is 42.5 Å². The summed E-state index contributed by atoms with van der Waals surface area (Å²) in [6.07, 6.45) is 2.13. The van der Waals surface area contributed by atoms with Crippen molar-refractivity contribution in [1.82, 2.24) is 0 Å². The highest BCUT2D eigenvalue weighted by Crippen LogP contribution is 2.11. The van der Waals surface area contributed by atoms with Gasteiger partial charge in [0.05, 0.1) is 0 Å². The normalized spacial score (nSPS) is 18.7. The molecule has 102 valence electrons. The van der Waals surface area contributed by atoms with Crippen LogP contribution in [-0.2, 0) is 19.7 Å². The SMILES string of the molecule is Nc1ccccc1.O=C1C=CCC(=O)C1S(=O)(=O)O. The molecule has 1 aromatic rings. The summed E-state index contributed by atoms with van der Waals surface area (Å²) in [7, 11) is -4.57. The summed E-state index contributed by atoms with van der Waals surface area (Å²) in [5.74, 6) is -1.67. The third-order valence-corrected chi connectivity index (χ3v) is 3.34. The number of carbonyl (C=O) groups is 2. The van der Waals surface area contributed by atoms with Gasteiger partial charge in [0.2, 0.25) is 5.25 Å². The predicted octanol–water partition coefficient (Wildman–Crippen LogP) is 0.610. The van der Waals surface area contributed by atoms with Gasteiger partial charge in [0.15, 0.2) is 11.6 Å². The minimum atomic E-state index is -4.57. The largest absolute Gasteiger partial charge is 0.399 e. The first kappa shape index (κ1) is 15.1. The third kappa shape index (κ3) is 4.65. The second-order valence-electron chi connectivity index (χ2n) is 3.78. The molecule has 0 spiro atoms. The summed E-state index contributed by atoms with van der Waals surface area (Å²) in [5, 5.41) is -1.90. The van der Waals surface area contributed by atoms with Crippen molar-refractivity contribution in [1.29, 1.82) is 0 Å². The van der Waals surface area contributed by atoms with E-state index < -0.39 is 26.9 Å². The number of anilines is 1. The van der Waals surface area contributed by atoms with Gasteiger partial charge in [-0.25, -0.2) is 0 Å². The number of nitrogens with two attached hydrogens (primary N) is 1. The molecular weight excluding hydrogens is 270 g/mol. The molecule has 2 rings (SSSR count). The summed E-state index contributed by atoms with van der Waals surface area (Å²) in [6.45, 7) is 0. The van der Waals surface area contributed by atoms with Gasteiger partial charge in [0.1, 0.15) is 0 Å². The fourth-order valence-electron chi connectivity index (χ4n) is 1.41. The Hall–Kier alpha value is -1.99. The van der Waals surface area contributed by atoms with Gasteiger partial charge in [-0.2, -0.15) is 8.42 Å². The number of Topliss-reactive ketones (excluding diaryl/α,β-unsaturated/α-hetero) is 1. The average molecular weight is 283 g/mol. The van der Waals surface area contributed by atoms with E-state index in [0.29, 0.717) is 0 Å². The molecule has 7 heteroatoms. The Kier molecular flexibility index (Phi) is 4.96. The zero-order valence-electron chi connectivity index (χ0n) is 9.89. The first-order valence-electron chi connectivity index (χ1n) is 5.32. The van der Waals surface area contributed by atoms with Crippen LogP contribution in [0, 0.1) is 0 Å². The summed E-state index contributed by atoms with van der Waals surface area (Å²) in [5.41, 5.74) is 6.18. The molecule has 1 aliphatic carbocycles. The second kappa shape index (κ2) is 6.26. The number of hydrogen-bond acceptors (Lipinski definition) is 5. The first-order valence-corrected chi connectivity index (χ1v) is 6.82. The van der Waals surface area contributed by atoms with Gasteiger partial charge >= 0.3 is 0 Å². The number of para-hydroxylation sites is 1. The zero-order valence-corrected chi connectivity index (χ0v) is 10.7. The molecule has 0 aromatic heterocycles. The lowest BCUT2D eigenvalue weighted by Gasteiger charge is -2.11. The fourth-order valence-corrected chi connectivity index (χ4v) is 2.21. The van der Waals surface area contributed by atoms with Crippen molar-refractivity contribution in [3.63, 3.8) is 0 Å². The van der Waals surface area contributed by atoms with Crippen LogP contribution in [0.25, 0.3) is 0 Å². The van der Waals surface area contributed by atoms with Gasteiger partial charge < -0.3 is 5.73 Å². The number of nitrogen functional groups attached to an aromatic ring is 1. The molecule has 3 N–H and O–H groups in total. The Morgan fingerprint density at radius 3 is 2.05 bits per heavy atom. The molecule has 0 amide bonds. The van der Waals surface area contributed by atoms with E-state index in [0.717, 1.165) is 11.8 Å². The summed E-state index contributed by atoms with van der Waals surface area (Å²) in [6, 6.07) is 9.49. The van der Waals surface area contributed by atoms with E-state index in [9.17, 15) is 18.0 Å². The monoisotopic (exact) mass is 283 g/mol. The van der Waals surface area contributed by atoms with Crippen LogP contribution in [-0.4, -0.2) is 29.8 Å². The van der Waals surface area contributed by atoms with Crippen molar-refractivity contribution in [2.24, 2.45) is 0 Å². The zero-order chi connectivity index (χ0) is 14.5.